The SMILES string of the molecule is CCOc1cc(C=C(C#N)C(=O)Nc2cc(C(F)(F)F)ccc2Cl)cc(Br)c1O. The standard InChI is InChI=1S/C19H13BrClF3N2O3/c1-2-29-16-7-10(6-13(20)17(16)27)5-11(9-25)18(28)26-15-8-12(19(22,23)24)3-4-14(15)21/h3-8,27H,2H2,1H3,(H,26,28). The van der Waals surface area contributed by atoms with Gasteiger partial charge in [-0.2, -0.15) is 18.4 Å². The topological polar surface area (TPSA) is 82.3 Å². The van der Waals surface area contributed by atoms with Crippen LogP contribution < -0.4 is 10.1 Å². The predicted octanol–water partition coefficient (Wildman–Crippen LogP) is 5.77. The first-order valence-corrected chi connectivity index (χ1v) is 9.19. The van der Waals surface area contributed by atoms with Gasteiger partial charge in [-0.25, -0.2) is 0 Å². The molecule has 0 aromatic heterocycles. The molecule has 0 radical (unpaired) electrons. The molecule has 0 aliphatic heterocycles. The van der Waals surface area contributed by atoms with Crippen molar-refractivity contribution in [2.75, 3.05) is 11.9 Å². The molecule has 0 unspecified atom stereocenters. The molecule has 2 N–H and O–H groups in total. The second kappa shape index (κ2) is 9.20. The van der Waals surface area contributed by atoms with Crippen LogP contribution in [0, 0.1) is 11.3 Å². The Labute approximate surface area is 177 Å². The second-order valence-corrected chi connectivity index (χ2v) is 6.86. The van der Waals surface area contributed by atoms with Crippen molar-refractivity contribution in [3.63, 3.8) is 0 Å². The second-order valence-electron chi connectivity index (χ2n) is 5.60. The molecule has 0 heterocycles. The minimum absolute atomic E-state index is 0.116. The number of nitrogens with one attached hydrogen (secondary N) is 1. The predicted molar refractivity (Wildman–Crippen MR) is 106 cm³/mol. The third-order valence-electron chi connectivity index (χ3n) is 3.57. The summed E-state index contributed by atoms with van der Waals surface area (Å²) in [5.74, 6) is -0.967. The lowest BCUT2D eigenvalue weighted by atomic mass is 10.1. The molecule has 10 heteroatoms. The number of rotatable bonds is 5. The molecule has 0 saturated carbocycles. The normalized spacial score (nSPS) is 11.7. The van der Waals surface area contributed by atoms with E-state index in [-0.39, 0.29) is 33.3 Å². The summed E-state index contributed by atoms with van der Waals surface area (Å²) in [6.07, 6.45) is -3.42. The molecule has 0 fully saturated rings. The zero-order valence-electron chi connectivity index (χ0n) is 14.8. The summed E-state index contributed by atoms with van der Waals surface area (Å²) in [5, 5.41) is 21.3. The number of carbonyl (C=O) groups is 1. The van der Waals surface area contributed by atoms with E-state index in [1.54, 1.807) is 13.0 Å². The molecule has 29 heavy (non-hydrogen) atoms. The Kier molecular flexibility index (Phi) is 7.16. The van der Waals surface area contributed by atoms with Crippen LogP contribution in [0.5, 0.6) is 11.5 Å². The van der Waals surface area contributed by atoms with Crippen molar-refractivity contribution in [3.05, 3.63) is 56.5 Å². The van der Waals surface area contributed by atoms with Gasteiger partial charge in [0.05, 0.1) is 27.4 Å². The van der Waals surface area contributed by atoms with Crippen LogP contribution in [0.1, 0.15) is 18.1 Å². The maximum Gasteiger partial charge on any atom is 0.416 e. The van der Waals surface area contributed by atoms with E-state index in [1.165, 1.54) is 18.2 Å². The third kappa shape index (κ3) is 5.65. The highest BCUT2D eigenvalue weighted by Gasteiger charge is 2.31. The number of phenols is 1. The van der Waals surface area contributed by atoms with Gasteiger partial charge in [0, 0.05) is 0 Å². The zero-order valence-corrected chi connectivity index (χ0v) is 17.1. The molecule has 0 aliphatic carbocycles. The molecular weight excluding hydrogens is 477 g/mol. The average molecular weight is 490 g/mol. The van der Waals surface area contributed by atoms with Crippen LogP contribution in [-0.4, -0.2) is 17.6 Å². The molecule has 2 rings (SSSR count). The molecule has 0 atom stereocenters. The molecular formula is C19H13BrClF3N2O3. The maximum atomic E-state index is 12.9. The van der Waals surface area contributed by atoms with Crippen molar-refractivity contribution in [1.82, 2.24) is 0 Å². The number of ether oxygens (including phenoxy) is 1. The molecule has 2 aromatic rings. The van der Waals surface area contributed by atoms with Gasteiger partial charge in [0.2, 0.25) is 0 Å². The largest absolute Gasteiger partial charge is 0.503 e. The van der Waals surface area contributed by atoms with Gasteiger partial charge in [-0.15, -0.1) is 0 Å². The number of benzene rings is 2. The molecule has 1 amide bonds. The van der Waals surface area contributed by atoms with Gasteiger partial charge < -0.3 is 15.2 Å². The van der Waals surface area contributed by atoms with Gasteiger partial charge in [0.15, 0.2) is 11.5 Å². The van der Waals surface area contributed by atoms with Gasteiger partial charge >= 0.3 is 6.18 Å². The fourth-order valence-electron chi connectivity index (χ4n) is 2.24. The Morgan fingerprint density at radius 1 is 1.38 bits per heavy atom. The zero-order chi connectivity index (χ0) is 21.8. The number of carbonyl (C=O) groups excluding carboxylic acids is 1. The van der Waals surface area contributed by atoms with Gasteiger partial charge in [0.1, 0.15) is 11.6 Å². The number of hydrogen-bond donors (Lipinski definition) is 2. The first-order chi connectivity index (χ1) is 13.6. The minimum atomic E-state index is -4.62. The van der Waals surface area contributed by atoms with E-state index in [2.05, 4.69) is 21.2 Å². The summed E-state index contributed by atoms with van der Waals surface area (Å²) in [6.45, 7) is 1.98. The van der Waals surface area contributed by atoms with Crippen LogP contribution >= 0.6 is 27.5 Å². The molecule has 0 saturated heterocycles. The molecule has 0 spiro atoms. The highest BCUT2D eigenvalue weighted by atomic mass is 79.9. The lowest BCUT2D eigenvalue weighted by Crippen LogP contribution is -2.15. The Hall–Kier alpha value is -2.70. The van der Waals surface area contributed by atoms with Crippen molar-refractivity contribution >= 4 is 45.2 Å². The summed E-state index contributed by atoms with van der Waals surface area (Å²) < 4.78 is 44.1. The van der Waals surface area contributed by atoms with E-state index in [0.29, 0.717) is 11.6 Å². The third-order valence-corrected chi connectivity index (χ3v) is 4.50. The number of halogens is 5. The Morgan fingerprint density at radius 2 is 2.07 bits per heavy atom. The molecule has 2 aromatic carbocycles. The van der Waals surface area contributed by atoms with Gasteiger partial charge in [-0.1, -0.05) is 11.6 Å². The summed E-state index contributed by atoms with van der Waals surface area (Å²) in [4.78, 5) is 12.4. The minimum Gasteiger partial charge on any atom is -0.503 e. The highest BCUT2D eigenvalue weighted by Crippen LogP contribution is 2.36. The van der Waals surface area contributed by atoms with Crippen LogP contribution in [0.4, 0.5) is 18.9 Å². The van der Waals surface area contributed by atoms with E-state index in [4.69, 9.17) is 16.3 Å². The van der Waals surface area contributed by atoms with Crippen LogP contribution in [-0.2, 0) is 11.0 Å². The quantitative estimate of drug-likeness (QED) is 0.413. The Bertz CT molecular complexity index is 1020. The van der Waals surface area contributed by atoms with E-state index in [9.17, 15) is 28.3 Å². The monoisotopic (exact) mass is 488 g/mol. The van der Waals surface area contributed by atoms with E-state index in [1.807, 2.05) is 0 Å². The number of amides is 1. The van der Waals surface area contributed by atoms with Crippen LogP contribution in [0.25, 0.3) is 6.08 Å². The van der Waals surface area contributed by atoms with Crippen molar-refractivity contribution in [1.29, 1.82) is 5.26 Å². The number of anilines is 1. The maximum absolute atomic E-state index is 12.9. The van der Waals surface area contributed by atoms with E-state index < -0.39 is 23.2 Å². The highest BCUT2D eigenvalue weighted by molar-refractivity contribution is 9.10. The smallest absolute Gasteiger partial charge is 0.416 e. The molecule has 152 valence electrons. The van der Waals surface area contributed by atoms with Gasteiger partial charge in [-0.3, -0.25) is 4.79 Å². The van der Waals surface area contributed by atoms with Crippen molar-refractivity contribution in [2.24, 2.45) is 0 Å². The first kappa shape index (κ1) is 22.6. The fourth-order valence-corrected chi connectivity index (χ4v) is 2.87. The van der Waals surface area contributed by atoms with Crippen LogP contribution in [0.3, 0.4) is 0 Å². The Morgan fingerprint density at radius 3 is 2.66 bits per heavy atom. The Balaban J connectivity index is 2.36. The molecule has 0 aliphatic rings. The lowest BCUT2D eigenvalue weighted by molar-refractivity contribution is -0.137. The molecule has 5 nitrogen and oxygen atoms in total. The van der Waals surface area contributed by atoms with Crippen molar-refractivity contribution < 1.29 is 27.8 Å². The summed E-state index contributed by atoms with van der Waals surface area (Å²) in [6, 6.07) is 7.00. The number of phenolic OH excluding ortho intramolecular Hbond substituents is 1. The van der Waals surface area contributed by atoms with Gasteiger partial charge in [0.25, 0.3) is 5.91 Å². The number of alkyl halides is 3. The number of nitrogens with zero attached hydrogens (tertiary/aromatic N) is 1. The van der Waals surface area contributed by atoms with E-state index in [0.717, 1.165) is 12.1 Å². The lowest BCUT2D eigenvalue weighted by Gasteiger charge is -2.12. The van der Waals surface area contributed by atoms with E-state index >= 15 is 0 Å². The number of hydrogen-bond acceptors (Lipinski definition) is 4. The fraction of sp³-hybridized carbons (Fsp3) is 0.158. The average Bonchev–Trinajstić information content (AvgIpc) is 2.64. The van der Waals surface area contributed by atoms with Crippen molar-refractivity contribution in [3.8, 4) is 17.6 Å². The first-order valence-electron chi connectivity index (χ1n) is 8.02. The van der Waals surface area contributed by atoms with Gasteiger partial charge in [-0.05, 0) is 64.8 Å². The van der Waals surface area contributed by atoms with Crippen LogP contribution in [0.2, 0.25) is 5.02 Å². The number of aromatic hydroxyl groups is 1. The summed E-state index contributed by atoms with van der Waals surface area (Å²) in [7, 11) is 0. The van der Waals surface area contributed by atoms with Crippen molar-refractivity contribution in [2.45, 2.75) is 13.1 Å². The van der Waals surface area contributed by atoms with Crippen LogP contribution in [0.15, 0.2) is 40.4 Å². The number of nitriles is 1. The molecule has 0 bridgehead atoms. The summed E-state index contributed by atoms with van der Waals surface area (Å²) >= 11 is 9.00. The summed E-state index contributed by atoms with van der Waals surface area (Å²) in [5.41, 5.74) is -1.32.